The molecule has 0 radical (unpaired) electrons. The van der Waals surface area contributed by atoms with E-state index < -0.39 is 0 Å². The molecule has 1 unspecified atom stereocenters. The summed E-state index contributed by atoms with van der Waals surface area (Å²) in [5.41, 5.74) is 1.58. The topological polar surface area (TPSA) is 12.4 Å². The Morgan fingerprint density at radius 1 is 1.20 bits per heavy atom. The molecule has 0 saturated carbocycles. The van der Waals surface area contributed by atoms with Gasteiger partial charge in [-0.3, -0.25) is 0 Å². The van der Waals surface area contributed by atoms with Crippen LogP contribution in [-0.4, -0.2) is 23.8 Å². The van der Waals surface area contributed by atoms with E-state index in [0.29, 0.717) is 24.2 Å². The Bertz CT molecular complexity index is 367. The van der Waals surface area contributed by atoms with E-state index in [4.69, 9.17) is 4.99 Å². The van der Waals surface area contributed by atoms with Crippen molar-refractivity contribution in [3.63, 3.8) is 0 Å². The zero-order valence-corrected chi connectivity index (χ0v) is 11.8. The van der Waals surface area contributed by atoms with Crippen LogP contribution in [0.1, 0.15) is 26.3 Å². The molecule has 1 aliphatic heterocycles. The maximum absolute atomic E-state index is 4.84. The van der Waals surface area contributed by atoms with Gasteiger partial charge in [-0.25, -0.2) is 0 Å². The fraction of sp³-hybridized carbons (Fsp3) is 0.417. The maximum atomic E-state index is 4.84. The first-order chi connectivity index (χ1) is 7.07. The Morgan fingerprint density at radius 2 is 1.87 bits per heavy atom. The van der Waals surface area contributed by atoms with Gasteiger partial charge in [0, 0.05) is 0 Å². The number of hydrogen-bond donors (Lipinski definition) is 0. The van der Waals surface area contributed by atoms with Crippen molar-refractivity contribution in [1.29, 1.82) is 0 Å². The number of rotatable bonds is 1. The monoisotopic (exact) mass is 285 g/mol. The third kappa shape index (κ3) is 2.66. The number of aliphatic imine (C=N–C) groups is 1. The van der Waals surface area contributed by atoms with E-state index in [2.05, 4.69) is 51.1 Å². The molecular formula is C12H15NSSe. The van der Waals surface area contributed by atoms with E-state index in [1.54, 1.807) is 0 Å². The van der Waals surface area contributed by atoms with Crippen molar-refractivity contribution in [3.8, 4) is 0 Å². The fourth-order valence-electron chi connectivity index (χ4n) is 1.28. The molecule has 1 nitrogen and oxygen atoms in total. The molecule has 80 valence electrons. The normalized spacial score (nSPS) is 21.5. The zero-order chi connectivity index (χ0) is 10.9. The van der Waals surface area contributed by atoms with Crippen molar-refractivity contribution in [3.05, 3.63) is 35.9 Å². The summed E-state index contributed by atoms with van der Waals surface area (Å²) in [6, 6.07) is 10.5. The molecule has 0 bridgehead atoms. The van der Waals surface area contributed by atoms with Crippen LogP contribution >= 0.6 is 10.2 Å². The molecule has 0 N–H and O–H groups in total. The molecule has 0 fully saturated rings. The van der Waals surface area contributed by atoms with Gasteiger partial charge in [0.2, 0.25) is 0 Å². The van der Waals surface area contributed by atoms with Gasteiger partial charge in [-0.05, 0) is 0 Å². The summed E-state index contributed by atoms with van der Waals surface area (Å²) in [5, 5.41) is 1.23. The second-order valence-electron chi connectivity index (χ2n) is 4.70. The van der Waals surface area contributed by atoms with Gasteiger partial charge in [-0.2, -0.15) is 0 Å². The summed E-state index contributed by atoms with van der Waals surface area (Å²) in [6.45, 7) is 6.83. The van der Waals surface area contributed by atoms with Crippen molar-refractivity contribution in [2.75, 3.05) is 0 Å². The van der Waals surface area contributed by atoms with Crippen molar-refractivity contribution in [2.24, 2.45) is 10.4 Å². The zero-order valence-electron chi connectivity index (χ0n) is 9.23. The molecule has 0 amide bonds. The third-order valence-corrected chi connectivity index (χ3v) is 7.44. The van der Waals surface area contributed by atoms with Gasteiger partial charge < -0.3 is 0 Å². The van der Waals surface area contributed by atoms with E-state index >= 15 is 0 Å². The van der Waals surface area contributed by atoms with Crippen molar-refractivity contribution < 1.29 is 0 Å². The number of nitrogens with zero attached hydrogens (tertiary/aromatic N) is 1. The molecule has 0 spiro atoms. The van der Waals surface area contributed by atoms with Gasteiger partial charge in [0.15, 0.2) is 0 Å². The third-order valence-electron chi connectivity index (χ3n) is 2.21. The molecule has 1 aromatic carbocycles. The van der Waals surface area contributed by atoms with E-state index in [1.807, 2.05) is 10.2 Å². The Kier molecular flexibility index (Phi) is 3.24. The van der Waals surface area contributed by atoms with Gasteiger partial charge >= 0.3 is 101 Å². The fourth-order valence-corrected chi connectivity index (χ4v) is 6.66. The minimum absolute atomic E-state index is 0.309. The first kappa shape index (κ1) is 11.3. The average Bonchev–Trinajstić information content (AvgIpc) is 2.67. The van der Waals surface area contributed by atoms with Crippen LogP contribution in [0.3, 0.4) is 0 Å². The summed E-state index contributed by atoms with van der Waals surface area (Å²) in [7, 11) is 1.94. The van der Waals surface area contributed by atoms with Crippen molar-refractivity contribution in [2.45, 2.75) is 25.7 Å². The molecular weight excluding hydrogens is 269 g/mol. The summed E-state index contributed by atoms with van der Waals surface area (Å²) < 4.78 is 0. The van der Waals surface area contributed by atoms with Gasteiger partial charge in [0.1, 0.15) is 0 Å². The molecule has 1 aliphatic rings. The quantitative estimate of drug-likeness (QED) is 0.722. The Labute approximate surface area is 101 Å². The molecule has 0 saturated heterocycles. The summed E-state index contributed by atoms with van der Waals surface area (Å²) >= 11 is 0.559. The summed E-state index contributed by atoms with van der Waals surface area (Å²) in [4.78, 5) is 5.36. The second-order valence-corrected chi connectivity index (χ2v) is 8.64. The second kappa shape index (κ2) is 4.32. The van der Waals surface area contributed by atoms with Crippen LogP contribution in [0, 0.1) is 5.41 Å². The van der Waals surface area contributed by atoms with E-state index in [9.17, 15) is 0 Å². The van der Waals surface area contributed by atoms with E-state index in [-0.39, 0.29) is 0 Å². The average molecular weight is 284 g/mol. The first-order valence-corrected chi connectivity index (χ1v) is 8.87. The number of hydrogen-bond acceptors (Lipinski definition) is 2. The molecule has 1 heterocycles. The minimum atomic E-state index is 0.309. The molecule has 1 atom stereocenters. The predicted molar refractivity (Wildman–Crippen MR) is 69.6 cm³/mol. The predicted octanol–water partition coefficient (Wildman–Crippen LogP) is 3.17. The van der Waals surface area contributed by atoms with Gasteiger partial charge in [-0.1, -0.05) is 0 Å². The van der Waals surface area contributed by atoms with Crippen LogP contribution in [0.5, 0.6) is 0 Å². The first-order valence-electron chi connectivity index (χ1n) is 5.04. The van der Waals surface area contributed by atoms with Crippen LogP contribution in [0.15, 0.2) is 35.3 Å². The van der Waals surface area contributed by atoms with Crippen molar-refractivity contribution in [1.82, 2.24) is 0 Å². The SMILES string of the molecule is CC(C)(C)C1N=C(c2ccccc2)S[Se]1. The van der Waals surface area contributed by atoms with Crippen LogP contribution in [0.25, 0.3) is 0 Å². The van der Waals surface area contributed by atoms with Crippen LogP contribution < -0.4 is 0 Å². The molecule has 0 aliphatic carbocycles. The van der Waals surface area contributed by atoms with Gasteiger partial charge in [-0.15, -0.1) is 0 Å². The molecule has 15 heavy (non-hydrogen) atoms. The molecule has 0 aromatic heterocycles. The van der Waals surface area contributed by atoms with Crippen molar-refractivity contribution >= 4 is 29.1 Å². The Hall–Kier alpha value is -0.241. The molecule has 2 rings (SSSR count). The summed E-state index contributed by atoms with van der Waals surface area (Å²) in [6.07, 6.45) is 0. The number of benzene rings is 1. The van der Waals surface area contributed by atoms with Crippen LogP contribution in [0.4, 0.5) is 0 Å². The van der Waals surface area contributed by atoms with E-state index in [1.165, 1.54) is 10.6 Å². The Balaban J connectivity index is 2.21. The Morgan fingerprint density at radius 3 is 2.40 bits per heavy atom. The van der Waals surface area contributed by atoms with Crippen LogP contribution in [-0.2, 0) is 0 Å². The van der Waals surface area contributed by atoms with Gasteiger partial charge in [0.05, 0.1) is 0 Å². The molecule has 3 heteroatoms. The van der Waals surface area contributed by atoms with E-state index in [0.717, 1.165) is 0 Å². The standard InChI is InChI=1S/C12H15NSSe/c1-12(2,3)11-13-10(14-15-11)9-7-5-4-6-8-9/h4-8,11H,1-3H3. The van der Waals surface area contributed by atoms with Gasteiger partial charge in [0.25, 0.3) is 0 Å². The van der Waals surface area contributed by atoms with Crippen LogP contribution in [0.2, 0.25) is 0 Å². The summed E-state index contributed by atoms with van der Waals surface area (Å²) in [5.74, 6) is 0. The molecule has 1 aromatic rings.